The molecule has 7 nitrogen and oxygen atoms in total. The molecule has 30 heavy (non-hydrogen) atoms. The first-order valence-electron chi connectivity index (χ1n) is 10.1. The molecule has 1 fully saturated rings. The van der Waals surface area contributed by atoms with E-state index in [0.29, 0.717) is 29.2 Å². The number of thioether (sulfide) groups is 1. The summed E-state index contributed by atoms with van der Waals surface area (Å²) in [6.07, 6.45) is 3.91. The van der Waals surface area contributed by atoms with E-state index >= 15 is 0 Å². The highest BCUT2D eigenvalue weighted by molar-refractivity contribution is 7.99. The van der Waals surface area contributed by atoms with Crippen LogP contribution in [0, 0.1) is 5.92 Å². The average Bonchev–Trinajstić information content (AvgIpc) is 3.42. The van der Waals surface area contributed by atoms with Gasteiger partial charge in [-0.1, -0.05) is 30.8 Å². The molecule has 0 N–H and O–H groups in total. The number of para-hydroxylation sites is 1. The van der Waals surface area contributed by atoms with Crippen molar-refractivity contribution in [3.63, 3.8) is 0 Å². The largest absolute Gasteiger partial charge is 0.496 e. The highest BCUT2D eigenvalue weighted by atomic mass is 32.2. The molecule has 2 aromatic heterocycles. The number of likely N-dealkylation sites (tertiary alicyclic amines) is 1. The van der Waals surface area contributed by atoms with Crippen LogP contribution in [0.25, 0.3) is 11.4 Å². The quantitative estimate of drug-likeness (QED) is 0.533. The van der Waals surface area contributed by atoms with E-state index in [1.54, 1.807) is 13.4 Å². The maximum Gasteiger partial charge on any atom is 0.233 e. The molecule has 158 valence electrons. The maximum atomic E-state index is 12.7. The summed E-state index contributed by atoms with van der Waals surface area (Å²) in [5.41, 5.74) is 0.849. The summed E-state index contributed by atoms with van der Waals surface area (Å²) in [5, 5.41) is 9.50. The smallest absolute Gasteiger partial charge is 0.233 e. The number of rotatable bonds is 7. The number of carbonyl (C=O) groups is 1. The molecule has 1 aliphatic heterocycles. The maximum absolute atomic E-state index is 12.7. The highest BCUT2D eigenvalue weighted by Crippen LogP contribution is 2.31. The van der Waals surface area contributed by atoms with Crippen molar-refractivity contribution < 1.29 is 13.9 Å². The number of benzene rings is 1. The zero-order chi connectivity index (χ0) is 20.9. The number of aromatic nitrogens is 3. The fourth-order valence-electron chi connectivity index (χ4n) is 3.76. The normalized spacial score (nSPS) is 16.6. The second-order valence-electron chi connectivity index (χ2n) is 7.55. The second-order valence-corrected chi connectivity index (χ2v) is 8.49. The molecule has 0 radical (unpaired) electrons. The van der Waals surface area contributed by atoms with Crippen molar-refractivity contribution >= 4 is 17.7 Å². The Morgan fingerprint density at radius 1 is 1.27 bits per heavy atom. The second kappa shape index (κ2) is 9.38. The van der Waals surface area contributed by atoms with E-state index in [9.17, 15) is 4.79 Å². The molecule has 1 aromatic carbocycles. The lowest BCUT2D eigenvalue weighted by Gasteiger charge is -2.30. The molecule has 1 amide bonds. The van der Waals surface area contributed by atoms with Gasteiger partial charge in [0.15, 0.2) is 11.0 Å². The van der Waals surface area contributed by atoms with Crippen LogP contribution in [-0.4, -0.2) is 51.5 Å². The molecule has 1 aliphatic rings. The van der Waals surface area contributed by atoms with Crippen molar-refractivity contribution in [2.45, 2.75) is 31.5 Å². The van der Waals surface area contributed by atoms with E-state index in [-0.39, 0.29) is 5.91 Å². The predicted octanol–water partition coefficient (Wildman–Crippen LogP) is 3.95. The van der Waals surface area contributed by atoms with Crippen LogP contribution in [0.3, 0.4) is 0 Å². The minimum absolute atomic E-state index is 0.151. The average molecular weight is 427 g/mol. The van der Waals surface area contributed by atoms with Gasteiger partial charge in [0.2, 0.25) is 5.91 Å². The van der Waals surface area contributed by atoms with Gasteiger partial charge >= 0.3 is 0 Å². The van der Waals surface area contributed by atoms with Gasteiger partial charge in [0.05, 0.1) is 31.2 Å². The van der Waals surface area contributed by atoms with Gasteiger partial charge in [0.1, 0.15) is 11.5 Å². The Morgan fingerprint density at radius 2 is 2.13 bits per heavy atom. The Balaban J connectivity index is 1.58. The van der Waals surface area contributed by atoms with Crippen LogP contribution >= 0.6 is 11.8 Å². The minimum Gasteiger partial charge on any atom is -0.496 e. The summed E-state index contributed by atoms with van der Waals surface area (Å²) in [5.74, 6) is 3.26. The first-order chi connectivity index (χ1) is 14.7. The van der Waals surface area contributed by atoms with Gasteiger partial charge in [-0.25, -0.2) is 0 Å². The Bertz CT molecular complexity index is 986. The Morgan fingerprint density at radius 3 is 2.90 bits per heavy atom. The molecular weight excluding hydrogens is 400 g/mol. The predicted molar refractivity (Wildman–Crippen MR) is 116 cm³/mol. The van der Waals surface area contributed by atoms with Crippen molar-refractivity contribution in [2.24, 2.45) is 5.92 Å². The summed E-state index contributed by atoms with van der Waals surface area (Å²) in [4.78, 5) is 14.7. The third kappa shape index (κ3) is 4.53. The number of hydrogen-bond acceptors (Lipinski definition) is 6. The number of piperidine rings is 1. The molecule has 1 atom stereocenters. The Hall–Kier alpha value is -2.74. The summed E-state index contributed by atoms with van der Waals surface area (Å²) in [6.45, 7) is 4.36. The van der Waals surface area contributed by atoms with Gasteiger partial charge in [-0.3, -0.25) is 9.36 Å². The van der Waals surface area contributed by atoms with Gasteiger partial charge in [-0.15, -0.1) is 10.2 Å². The van der Waals surface area contributed by atoms with Crippen LogP contribution in [0.4, 0.5) is 0 Å². The van der Waals surface area contributed by atoms with E-state index in [4.69, 9.17) is 9.15 Å². The van der Waals surface area contributed by atoms with Gasteiger partial charge in [0.25, 0.3) is 0 Å². The molecular formula is C22H26N4O3S. The molecule has 4 rings (SSSR count). The summed E-state index contributed by atoms with van der Waals surface area (Å²) in [7, 11) is 1.64. The molecule has 3 heterocycles. The van der Waals surface area contributed by atoms with Crippen molar-refractivity contribution in [1.82, 2.24) is 19.7 Å². The van der Waals surface area contributed by atoms with Crippen molar-refractivity contribution in [3.8, 4) is 17.1 Å². The van der Waals surface area contributed by atoms with Crippen molar-refractivity contribution in [2.75, 3.05) is 26.0 Å². The van der Waals surface area contributed by atoms with Crippen LogP contribution in [0.5, 0.6) is 5.75 Å². The molecule has 0 bridgehead atoms. The standard InChI is InChI=1S/C22H26N4O3S/c1-16-7-5-11-25(13-16)20(27)15-30-22-24-23-21(18-9-3-4-10-19(18)28-2)26(22)14-17-8-6-12-29-17/h3-4,6,8-10,12,16H,5,7,11,13-15H2,1-2H3/t16-/m0/s1. The fraction of sp³-hybridized carbons (Fsp3) is 0.409. The fourth-order valence-corrected chi connectivity index (χ4v) is 4.60. The SMILES string of the molecule is COc1ccccc1-c1nnc(SCC(=O)N2CCC[C@H](C)C2)n1Cc1ccco1. The van der Waals surface area contributed by atoms with Gasteiger partial charge in [0, 0.05) is 13.1 Å². The number of furan rings is 1. The first-order valence-corrected chi connectivity index (χ1v) is 11.1. The number of carbonyl (C=O) groups excluding carboxylic acids is 1. The zero-order valence-electron chi connectivity index (χ0n) is 17.3. The Kier molecular flexibility index (Phi) is 6.42. The third-order valence-corrected chi connectivity index (χ3v) is 6.24. The van der Waals surface area contributed by atoms with Crippen LogP contribution in [-0.2, 0) is 11.3 Å². The van der Waals surface area contributed by atoms with Crippen molar-refractivity contribution in [1.29, 1.82) is 0 Å². The first kappa shape index (κ1) is 20.5. The number of amides is 1. The zero-order valence-corrected chi connectivity index (χ0v) is 18.1. The lowest BCUT2D eigenvalue weighted by atomic mass is 10.0. The lowest BCUT2D eigenvalue weighted by Crippen LogP contribution is -2.40. The number of ether oxygens (including phenoxy) is 1. The van der Waals surface area contributed by atoms with Gasteiger partial charge in [-0.05, 0) is 43.0 Å². The van der Waals surface area contributed by atoms with E-state index in [1.807, 2.05) is 45.9 Å². The van der Waals surface area contributed by atoms with Crippen LogP contribution in [0.15, 0.2) is 52.2 Å². The van der Waals surface area contributed by atoms with E-state index in [1.165, 1.54) is 18.2 Å². The van der Waals surface area contributed by atoms with E-state index < -0.39 is 0 Å². The lowest BCUT2D eigenvalue weighted by molar-refractivity contribution is -0.130. The summed E-state index contributed by atoms with van der Waals surface area (Å²) >= 11 is 1.42. The highest BCUT2D eigenvalue weighted by Gasteiger charge is 2.23. The van der Waals surface area contributed by atoms with E-state index in [0.717, 1.165) is 36.6 Å². The molecule has 0 aliphatic carbocycles. The molecule has 0 spiro atoms. The number of methoxy groups -OCH3 is 1. The molecule has 1 saturated heterocycles. The summed E-state index contributed by atoms with van der Waals surface area (Å²) < 4.78 is 13.0. The van der Waals surface area contributed by atoms with Crippen LogP contribution in [0.1, 0.15) is 25.5 Å². The van der Waals surface area contributed by atoms with Crippen LogP contribution < -0.4 is 4.74 Å². The topological polar surface area (TPSA) is 73.4 Å². The number of hydrogen-bond donors (Lipinski definition) is 0. The molecule has 0 unspecified atom stereocenters. The third-order valence-electron chi connectivity index (χ3n) is 5.29. The van der Waals surface area contributed by atoms with Gasteiger partial charge in [-0.2, -0.15) is 0 Å². The molecule has 0 saturated carbocycles. The minimum atomic E-state index is 0.151. The monoisotopic (exact) mass is 426 g/mol. The van der Waals surface area contributed by atoms with Crippen LogP contribution in [0.2, 0.25) is 0 Å². The van der Waals surface area contributed by atoms with E-state index in [2.05, 4.69) is 17.1 Å². The van der Waals surface area contributed by atoms with Gasteiger partial charge < -0.3 is 14.1 Å². The molecule has 3 aromatic rings. The summed E-state index contributed by atoms with van der Waals surface area (Å²) in [6, 6.07) is 11.5. The number of nitrogens with zero attached hydrogens (tertiary/aromatic N) is 4. The van der Waals surface area contributed by atoms with Crippen molar-refractivity contribution in [3.05, 3.63) is 48.4 Å². The molecule has 8 heteroatoms. The Labute approximate surface area is 180 Å².